The molecule has 92 valence electrons. The average Bonchev–Trinajstić information content (AvgIpc) is 2.98. The second-order valence-electron chi connectivity index (χ2n) is 3.85. The van der Waals surface area contributed by atoms with Crippen LogP contribution in [0.25, 0.3) is 11.2 Å². The zero-order chi connectivity index (χ0) is 12.5. The molecule has 3 aromatic heterocycles. The molecule has 0 bridgehead atoms. The van der Waals surface area contributed by atoms with E-state index in [4.69, 9.17) is 16.0 Å². The quantitative estimate of drug-likeness (QED) is 0.734. The molecule has 0 fully saturated rings. The van der Waals surface area contributed by atoms with Gasteiger partial charge in [-0.1, -0.05) is 11.6 Å². The van der Waals surface area contributed by atoms with E-state index in [-0.39, 0.29) is 0 Å². The molecule has 0 saturated carbocycles. The summed E-state index contributed by atoms with van der Waals surface area (Å²) in [5.74, 6) is 0.470. The maximum absolute atomic E-state index is 6.05. The predicted molar refractivity (Wildman–Crippen MR) is 67.3 cm³/mol. The SMILES string of the molecule is Cn1cnc2c(Cl)nc(NCc3ccoc3)nc21. The van der Waals surface area contributed by atoms with Crippen molar-refractivity contribution in [1.29, 1.82) is 0 Å². The smallest absolute Gasteiger partial charge is 0.226 e. The number of rotatable bonds is 3. The predicted octanol–water partition coefficient (Wildman–Crippen LogP) is 2.22. The number of halogens is 1. The molecule has 1 N–H and O–H groups in total. The molecule has 3 rings (SSSR count). The Labute approximate surface area is 108 Å². The summed E-state index contributed by atoms with van der Waals surface area (Å²) in [7, 11) is 1.86. The van der Waals surface area contributed by atoms with Crippen molar-refractivity contribution in [2.45, 2.75) is 6.54 Å². The van der Waals surface area contributed by atoms with E-state index in [1.165, 1.54) is 0 Å². The summed E-state index contributed by atoms with van der Waals surface area (Å²) in [4.78, 5) is 12.6. The monoisotopic (exact) mass is 263 g/mol. The Morgan fingerprint density at radius 3 is 3.11 bits per heavy atom. The van der Waals surface area contributed by atoms with E-state index in [1.54, 1.807) is 23.4 Å². The van der Waals surface area contributed by atoms with Gasteiger partial charge in [0.1, 0.15) is 5.52 Å². The lowest BCUT2D eigenvalue weighted by atomic mass is 10.3. The maximum Gasteiger partial charge on any atom is 0.226 e. The number of hydrogen-bond donors (Lipinski definition) is 1. The molecule has 0 aliphatic rings. The van der Waals surface area contributed by atoms with Gasteiger partial charge < -0.3 is 14.3 Å². The number of furan rings is 1. The lowest BCUT2D eigenvalue weighted by Crippen LogP contribution is -2.04. The average molecular weight is 264 g/mol. The van der Waals surface area contributed by atoms with Crippen LogP contribution in [0.2, 0.25) is 5.15 Å². The van der Waals surface area contributed by atoms with E-state index in [0.717, 1.165) is 5.56 Å². The van der Waals surface area contributed by atoms with E-state index in [2.05, 4.69) is 20.3 Å². The number of imidazole rings is 1. The second-order valence-corrected chi connectivity index (χ2v) is 4.21. The van der Waals surface area contributed by atoms with Crippen molar-refractivity contribution in [2.75, 3.05) is 5.32 Å². The lowest BCUT2D eigenvalue weighted by molar-refractivity contribution is 0.564. The highest BCUT2D eigenvalue weighted by Gasteiger charge is 2.10. The summed E-state index contributed by atoms with van der Waals surface area (Å²) < 4.78 is 6.78. The Morgan fingerprint density at radius 1 is 1.44 bits per heavy atom. The number of aromatic nitrogens is 4. The minimum Gasteiger partial charge on any atom is -0.472 e. The molecule has 0 spiro atoms. The molecule has 7 heteroatoms. The molecular formula is C11H10ClN5O. The minimum absolute atomic E-state index is 0.343. The van der Waals surface area contributed by atoms with Crippen LogP contribution in [0.1, 0.15) is 5.56 Å². The third kappa shape index (κ3) is 1.91. The van der Waals surface area contributed by atoms with Gasteiger partial charge >= 0.3 is 0 Å². The normalized spacial score (nSPS) is 11.0. The van der Waals surface area contributed by atoms with Crippen LogP contribution < -0.4 is 5.32 Å². The highest BCUT2D eigenvalue weighted by molar-refractivity contribution is 6.33. The minimum atomic E-state index is 0.343. The van der Waals surface area contributed by atoms with Crippen LogP contribution in [0.4, 0.5) is 5.95 Å². The number of anilines is 1. The third-order valence-electron chi connectivity index (χ3n) is 2.55. The third-order valence-corrected chi connectivity index (χ3v) is 2.81. The Balaban J connectivity index is 1.90. The largest absolute Gasteiger partial charge is 0.472 e. The van der Waals surface area contributed by atoms with E-state index in [0.29, 0.717) is 28.8 Å². The summed E-state index contributed by atoms with van der Waals surface area (Å²) in [5.41, 5.74) is 2.32. The molecule has 0 saturated heterocycles. The topological polar surface area (TPSA) is 68.8 Å². The highest BCUT2D eigenvalue weighted by Crippen LogP contribution is 2.20. The fraction of sp³-hybridized carbons (Fsp3) is 0.182. The molecule has 0 amide bonds. The van der Waals surface area contributed by atoms with Crippen LogP contribution >= 0.6 is 11.6 Å². The van der Waals surface area contributed by atoms with Crippen molar-refractivity contribution in [2.24, 2.45) is 7.05 Å². The molecule has 0 aromatic carbocycles. The zero-order valence-electron chi connectivity index (χ0n) is 9.59. The van der Waals surface area contributed by atoms with Crippen molar-refractivity contribution in [3.05, 3.63) is 35.6 Å². The Hall–Kier alpha value is -2.08. The number of fused-ring (bicyclic) bond motifs is 1. The van der Waals surface area contributed by atoms with Gasteiger partial charge in [0, 0.05) is 19.2 Å². The molecule has 0 aliphatic heterocycles. The van der Waals surface area contributed by atoms with Gasteiger partial charge in [-0.05, 0) is 6.07 Å². The first-order chi connectivity index (χ1) is 8.74. The molecule has 0 radical (unpaired) electrons. The van der Waals surface area contributed by atoms with Crippen LogP contribution in [0, 0.1) is 0 Å². The van der Waals surface area contributed by atoms with Crippen molar-refractivity contribution >= 4 is 28.7 Å². The van der Waals surface area contributed by atoms with Crippen molar-refractivity contribution < 1.29 is 4.42 Å². The first-order valence-corrected chi connectivity index (χ1v) is 5.71. The Kier molecular flexibility index (Phi) is 2.64. The van der Waals surface area contributed by atoms with E-state index in [9.17, 15) is 0 Å². The molecule has 6 nitrogen and oxygen atoms in total. The number of nitrogens with one attached hydrogen (secondary N) is 1. The number of aryl methyl sites for hydroxylation is 1. The van der Waals surface area contributed by atoms with E-state index < -0.39 is 0 Å². The van der Waals surface area contributed by atoms with Gasteiger partial charge in [-0.2, -0.15) is 9.97 Å². The lowest BCUT2D eigenvalue weighted by Gasteiger charge is -2.04. The molecule has 3 heterocycles. The molecular weight excluding hydrogens is 254 g/mol. The first kappa shape index (κ1) is 11.0. The fourth-order valence-electron chi connectivity index (χ4n) is 1.63. The van der Waals surface area contributed by atoms with Gasteiger partial charge in [0.2, 0.25) is 5.95 Å². The summed E-state index contributed by atoms with van der Waals surface area (Å²) in [6.45, 7) is 0.580. The molecule has 18 heavy (non-hydrogen) atoms. The molecule has 3 aromatic rings. The highest BCUT2D eigenvalue weighted by atomic mass is 35.5. The van der Waals surface area contributed by atoms with Crippen LogP contribution in [-0.4, -0.2) is 19.5 Å². The van der Waals surface area contributed by atoms with E-state index >= 15 is 0 Å². The van der Waals surface area contributed by atoms with Crippen molar-refractivity contribution in [3.63, 3.8) is 0 Å². The Morgan fingerprint density at radius 2 is 2.33 bits per heavy atom. The van der Waals surface area contributed by atoms with Crippen molar-refractivity contribution in [3.8, 4) is 0 Å². The first-order valence-electron chi connectivity index (χ1n) is 5.33. The van der Waals surface area contributed by atoms with Gasteiger partial charge in [-0.25, -0.2) is 4.98 Å². The second kappa shape index (κ2) is 4.30. The van der Waals surface area contributed by atoms with Gasteiger partial charge in [-0.3, -0.25) is 0 Å². The summed E-state index contributed by atoms with van der Waals surface area (Å²) in [5, 5.41) is 3.43. The van der Waals surface area contributed by atoms with Crippen LogP contribution in [0.15, 0.2) is 29.3 Å². The van der Waals surface area contributed by atoms with Crippen LogP contribution in [-0.2, 0) is 13.6 Å². The summed E-state index contributed by atoms with van der Waals surface area (Å²) >= 11 is 6.05. The maximum atomic E-state index is 6.05. The van der Waals surface area contributed by atoms with Gasteiger partial charge in [0.05, 0.1) is 18.9 Å². The van der Waals surface area contributed by atoms with E-state index in [1.807, 2.05) is 13.1 Å². The van der Waals surface area contributed by atoms with Crippen molar-refractivity contribution in [1.82, 2.24) is 19.5 Å². The summed E-state index contributed by atoms with van der Waals surface area (Å²) in [6, 6.07) is 1.87. The van der Waals surface area contributed by atoms with Gasteiger partial charge in [0.25, 0.3) is 0 Å². The van der Waals surface area contributed by atoms with Gasteiger partial charge in [-0.15, -0.1) is 0 Å². The van der Waals surface area contributed by atoms with Crippen LogP contribution in [0.5, 0.6) is 0 Å². The number of hydrogen-bond acceptors (Lipinski definition) is 5. The number of nitrogens with zero attached hydrogens (tertiary/aromatic N) is 4. The molecule has 0 aliphatic carbocycles. The summed E-state index contributed by atoms with van der Waals surface area (Å²) in [6.07, 6.45) is 4.94. The standard InChI is InChI=1S/C11H10ClN5O/c1-17-6-14-8-9(12)15-11(16-10(8)17)13-4-7-2-3-18-5-7/h2-3,5-6H,4H2,1H3,(H,13,15,16). The molecule has 0 unspecified atom stereocenters. The fourth-order valence-corrected chi connectivity index (χ4v) is 1.84. The molecule has 0 atom stereocenters. The van der Waals surface area contributed by atoms with Crippen LogP contribution in [0.3, 0.4) is 0 Å². The van der Waals surface area contributed by atoms with Gasteiger partial charge in [0.15, 0.2) is 10.8 Å². The Bertz CT molecular complexity index is 676. The zero-order valence-corrected chi connectivity index (χ0v) is 10.3.